The largest absolute Gasteiger partial charge is 0.481 e. The number of carboxylic acid groups (broad SMARTS) is 1. The summed E-state index contributed by atoms with van der Waals surface area (Å²) >= 11 is 13.3. The van der Waals surface area contributed by atoms with Crippen LogP contribution >= 0.6 is 23.2 Å². The topological polar surface area (TPSA) is 51.5 Å². The molecule has 0 bridgehead atoms. The van der Waals surface area contributed by atoms with Gasteiger partial charge >= 0.3 is 5.97 Å². The zero-order valence-corrected chi connectivity index (χ0v) is 17.8. The van der Waals surface area contributed by atoms with Crippen LogP contribution in [0.4, 0.5) is 0 Å². The molecule has 1 unspecified atom stereocenters. The highest BCUT2D eigenvalue weighted by atomic mass is 35.5. The summed E-state index contributed by atoms with van der Waals surface area (Å²) in [5, 5.41) is 11.9. The minimum atomic E-state index is -0.894. The van der Waals surface area contributed by atoms with Crippen LogP contribution in [0, 0.1) is 0 Å². The van der Waals surface area contributed by atoms with Crippen LogP contribution in [0.15, 0.2) is 42.5 Å². The normalized spacial score (nSPS) is 18.7. The van der Waals surface area contributed by atoms with Crippen molar-refractivity contribution in [2.24, 2.45) is 0 Å². The SMILES string of the molecule is CCCC1(CC(=O)O)OCCc2c1n(Cc1ccccc1)c1c(Cl)ccc(Cl)c21. The van der Waals surface area contributed by atoms with Crippen molar-refractivity contribution in [1.29, 1.82) is 0 Å². The van der Waals surface area contributed by atoms with Crippen LogP contribution in [0.2, 0.25) is 10.0 Å². The number of nitrogens with zero attached hydrogens (tertiary/aromatic N) is 1. The fourth-order valence-electron chi connectivity index (χ4n) is 4.65. The lowest BCUT2D eigenvalue weighted by molar-refractivity contribution is -0.149. The highest BCUT2D eigenvalue weighted by Crippen LogP contribution is 2.47. The molecule has 152 valence electrons. The molecule has 0 fully saturated rings. The number of fused-ring (bicyclic) bond motifs is 3. The molecule has 1 aromatic heterocycles. The Morgan fingerprint density at radius 3 is 2.59 bits per heavy atom. The van der Waals surface area contributed by atoms with E-state index in [-0.39, 0.29) is 6.42 Å². The third-order valence-corrected chi connectivity index (χ3v) is 6.26. The number of carbonyl (C=O) groups is 1. The Morgan fingerprint density at radius 1 is 1.17 bits per heavy atom. The van der Waals surface area contributed by atoms with Gasteiger partial charge in [-0.25, -0.2) is 0 Å². The molecule has 1 atom stereocenters. The standard InChI is InChI=1S/C23H23Cl2NO3/c1-2-11-23(13-19(27)28)22-16(10-12-29-23)20-17(24)8-9-18(25)21(20)26(22)14-15-6-4-3-5-7-15/h3-9H,2,10-14H2,1H3,(H,27,28). The van der Waals surface area contributed by atoms with E-state index >= 15 is 0 Å². The molecule has 0 radical (unpaired) electrons. The van der Waals surface area contributed by atoms with Crippen LogP contribution in [0.5, 0.6) is 0 Å². The van der Waals surface area contributed by atoms with E-state index in [1.54, 1.807) is 6.07 Å². The number of halogens is 2. The van der Waals surface area contributed by atoms with Gasteiger partial charge in [0, 0.05) is 11.9 Å². The van der Waals surface area contributed by atoms with E-state index in [2.05, 4.69) is 16.7 Å². The van der Waals surface area contributed by atoms with Crippen LogP contribution in [0.3, 0.4) is 0 Å². The highest BCUT2D eigenvalue weighted by molar-refractivity contribution is 6.40. The van der Waals surface area contributed by atoms with Gasteiger partial charge in [0.05, 0.1) is 34.3 Å². The van der Waals surface area contributed by atoms with E-state index < -0.39 is 11.6 Å². The Morgan fingerprint density at radius 2 is 1.90 bits per heavy atom. The molecule has 0 aliphatic carbocycles. The fraction of sp³-hybridized carbons (Fsp3) is 0.348. The maximum Gasteiger partial charge on any atom is 0.306 e. The van der Waals surface area contributed by atoms with Gasteiger partial charge in [-0.15, -0.1) is 0 Å². The van der Waals surface area contributed by atoms with Gasteiger partial charge in [-0.05, 0) is 36.1 Å². The molecular weight excluding hydrogens is 409 g/mol. The molecule has 0 spiro atoms. The van der Waals surface area contributed by atoms with Crippen molar-refractivity contribution in [3.8, 4) is 0 Å². The molecule has 1 aliphatic heterocycles. The number of rotatable bonds is 6. The minimum Gasteiger partial charge on any atom is -0.481 e. The van der Waals surface area contributed by atoms with Crippen molar-refractivity contribution < 1.29 is 14.6 Å². The first-order chi connectivity index (χ1) is 14.0. The number of ether oxygens (including phenoxy) is 1. The van der Waals surface area contributed by atoms with E-state index in [4.69, 9.17) is 27.9 Å². The number of hydrogen-bond donors (Lipinski definition) is 1. The molecule has 1 N–H and O–H groups in total. The fourth-order valence-corrected chi connectivity index (χ4v) is 5.18. The quantitative estimate of drug-likeness (QED) is 0.517. The first-order valence-corrected chi connectivity index (χ1v) is 10.6. The van der Waals surface area contributed by atoms with Gasteiger partial charge in [0.2, 0.25) is 0 Å². The Kier molecular flexibility index (Phi) is 5.60. The molecule has 4 rings (SSSR count). The van der Waals surface area contributed by atoms with Gasteiger partial charge in [0.15, 0.2) is 0 Å². The predicted octanol–water partition coefficient (Wildman–Crippen LogP) is 6.04. The highest BCUT2D eigenvalue weighted by Gasteiger charge is 2.44. The van der Waals surface area contributed by atoms with Crippen molar-refractivity contribution in [2.75, 3.05) is 6.61 Å². The van der Waals surface area contributed by atoms with E-state index in [0.717, 1.165) is 34.1 Å². The van der Waals surface area contributed by atoms with Gasteiger partial charge < -0.3 is 14.4 Å². The van der Waals surface area contributed by atoms with E-state index in [0.29, 0.717) is 36.0 Å². The second-order valence-corrected chi connectivity index (χ2v) is 8.38. The van der Waals surface area contributed by atoms with Crippen molar-refractivity contribution in [3.63, 3.8) is 0 Å². The van der Waals surface area contributed by atoms with Gasteiger partial charge in [0.25, 0.3) is 0 Å². The summed E-state index contributed by atoms with van der Waals surface area (Å²) in [5.41, 5.74) is 3.03. The molecule has 1 aliphatic rings. The van der Waals surface area contributed by atoms with E-state index in [9.17, 15) is 9.90 Å². The average molecular weight is 432 g/mol. The lowest BCUT2D eigenvalue weighted by atomic mass is 9.84. The van der Waals surface area contributed by atoms with Crippen molar-refractivity contribution in [3.05, 3.63) is 69.3 Å². The summed E-state index contributed by atoms with van der Waals surface area (Å²) in [6.07, 6.45) is 2.01. The summed E-state index contributed by atoms with van der Waals surface area (Å²) in [6.45, 7) is 3.08. The number of benzene rings is 2. The van der Waals surface area contributed by atoms with Crippen LogP contribution in [-0.2, 0) is 28.1 Å². The Balaban J connectivity index is 2.05. The van der Waals surface area contributed by atoms with Crippen LogP contribution in [-0.4, -0.2) is 22.2 Å². The second-order valence-electron chi connectivity index (χ2n) is 7.56. The lowest BCUT2D eigenvalue weighted by Gasteiger charge is -2.38. The maximum absolute atomic E-state index is 11.8. The Labute approximate surface area is 180 Å². The zero-order valence-electron chi connectivity index (χ0n) is 16.3. The molecule has 2 aromatic carbocycles. The van der Waals surface area contributed by atoms with Gasteiger partial charge in [-0.3, -0.25) is 4.79 Å². The molecule has 0 saturated heterocycles. The van der Waals surface area contributed by atoms with Gasteiger partial charge in [-0.1, -0.05) is 66.9 Å². The predicted molar refractivity (Wildman–Crippen MR) is 116 cm³/mol. The first-order valence-electron chi connectivity index (χ1n) is 9.86. The number of hydrogen-bond acceptors (Lipinski definition) is 2. The lowest BCUT2D eigenvalue weighted by Crippen LogP contribution is -2.39. The van der Waals surface area contributed by atoms with Gasteiger partial charge in [-0.2, -0.15) is 0 Å². The van der Waals surface area contributed by atoms with Crippen LogP contribution in [0.25, 0.3) is 10.9 Å². The molecule has 6 heteroatoms. The summed E-state index contributed by atoms with van der Waals surface area (Å²) in [4.78, 5) is 11.8. The van der Waals surface area contributed by atoms with Crippen molar-refractivity contribution in [2.45, 2.75) is 44.8 Å². The minimum absolute atomic E-state index is 0.0891. The molecule has 29 heavy (non-hydrogen) atoms. The van der Waals surface area contributed by atoms with E-state index in [1.807, 2.05) is 31.2 Å². The third-order valence-electron chi connectivity index (χ3n) is 5.64. The number of carboxylic acids is 1. The molecule has 0 amide bonds. The second kappa shape index (κ2) is 8.02. The molecule has 0 saturated carbocycles. The monoisotopic (exact) mass is 431 g/mol. The summed E-state index contributed by atoms with van der Waals surface area (Å²) in [7, 11) is 0. The Hall–Kier alpha value is -2.01. The maximum atomic E-state index is 11.8. The molecular formula is C23H23Cl2NO3. The Bertz CT molecular complexity index is 1060. The summed E-state index contributed by atoms with van der Waals surface area (Å²) < 4.78 is 8.37. The number of aliphatic carboxylic acids is 1. The smallest absolute Gasteiger partial charge is 0.306 e. The summed E-state index contributed by atoms with van der Waals surface area (Å²) in [6, 6.07) is 13.7. The van der Waals surface area contributed by atoms with Crippen molar-refractivity contribution >= 4 is 40.1 Å². The molecule has 2 heterocycles. The third kappa shape index (κ3) is 3.54. The first kappa shape index (κ1) is 20.3. The van der Waals surface area contributed by atoms with Crippen LogP contribution < -0.4 is 0 Å². The molecule has 4 nitrogen and oxygen atoms in total. The van der Waals surface area contributed by atoms with E-state index in [1.165, 1.54) is 0 Å². The van der Waals surface area contributed by atoms with Crippen LogP contribution in [0.1, 0.15) is 43.0 Å². The summed E-state index contributed by atoms with van der Waals surface area (Å²) in [5.74, 6) is -0.875. The van der Waals surface area contributed by atoms with Crippen molar-refractivity contribution in [1.82, 2.24) is 4.57 Å². The van der Waals surface area contributed by atoms with Gasteiger partial charge in [0.1, 0.15) is 5.60 Å². The number of aromatic nitrogens is 1. The average Bonchev–Trinajstić information content (AvgIpc) is 3.02. The molecule has 3 aromatic rings. The zero-order chi connectivity index (χ0) is 20.6.